The van der Waals surface area contributed by atoms with E-state index in [1.807, 2.05) is 0 Å². The minimum absolute atomic E-state index is 0.222. The fraction of sp³-hybridized carbons (Fsp3) is 0.444. The van der Waals surface area contributed by atoms with Crippen LogP contribution in [0.4, 0.5) is 14.4 Å². The molecule has 0 unspecified atom stereocenters. The van der Waals surface area contributed by atoms with Crippen LogP contribution in [0.15, 0.2) is 0 Å². The normalized spacial score (nSPS) is 6.77. The minimum atomic E-state index is -1.14. The number of carboxylic acids is 2. The molecule has 132 valence electrons. The van der Waals surface area contributed by atoms with E-state index in [1.165, 1.54) is 0 Å². The summed E-state index contributed by atoms with van der Waals surface area (Å²) in [6.45, 7) is 3.20. The van der Waals surface area contributed by atoms with E-state index in [1.54, 1.807) is 13.8 Å². The highest BCUT2D eigenvalue weighted by molar-refractivity contribution is 7.96. The molecule has 0 bridgehead atoms. The molecular weight excluding hydrogens is 364 g/mol. The highest BCUT2D eigenvalue weighted by Crippen LogP contribution is 1.68. The lowest BCUT2D eigenvalue weighted by molar-refractivity contribution is -0.137. The van der Waals surface area contributed by atoms with Gasteiger partial charge in [-0.3, -0.25) is 9.59 Å². The molecule has 0 heterocycles. The highest BCUT2D eigenvalue weighted by atomic mass is 32.1. The Bertz CT molecular complexity index is 277. The van der Waals surface area contributed by atoms with Gasteiger partial charge in [0.1, 0.15) is 0 Å². The zero-order chi connectivity index (χ0) is 19.3. The van der Waals surface area contributed by atoms with Crippen molar-refractivity contribution in [2.45, 2.75) is 26.7 Å². The van der Waals surface area contributed by atoms with Crippen LogP contribution in [0.25, 0.3) is 0 Å². The van der Waals surface area contributed by atoms with Gasteiger partial charge in [0.15, 0.2) is 0 Å². The Kier molecular flexibility index (Phi) is 40.8. The molecule has 0 aromatic heterocycles. The lowest BCUT2D eigenvalue weighted by Crippen LogP contribution is -1.86. The molecule has 0 aliphatic heterocycles. The van der Waals surface area contributed by atoms with E-state index < -0.39 is 27.8 Å². The van der Waals surface area contributed by atoms with Gasteiger partial charge in [-0.1, -0.05) is 51.7 Å². The first-order chi connectivity index (χ1) is 9.74. The number of carboxylic acid groups (broad SMARTS) is 5. The maximum atomic E-state index is 9.37. The quantitative estimate of drug-likeness (QED) is 0.330. The summed E-state index contributed by atoms with van der Waals surface area (Å²) >= 11 is 8.65. The van der Waals surface area contributed by atoms with Gasteiger partial charge >= 0.3 is 27.8 Å². The van der Waals surface area contributed by atoms with Gasteiger partial charge in [0.05, 0.1) is 0 Å². The van der Waals surface area contributed by atoms with E-state index in [-0.39, 0.29) is 12.8 Å². The molecule has 0 aromatic carbocycles. The SMILES string of the molecule is CCC(=O)O.CCC(=O)O.O=C(O)S.O=C(O)S.O=C(O)S. The minimum Gasteiger partial charge on any atom is -0.481 e. The molecule has 0 aliphatic rings. The number of rotatable bonds is 2. The summed E-state index contributed by atoms with van der Waals surface area (Å²) in [5.41, 5.74) is 0. The third-order valence-electron chi connectivity index (χ3n) is 0.605. The van der Waals surface area contributed by atoms with Gasteiger partial charge in [-0.2, -0.15) is 0 Å². The van der Waals surface area contributed by atoms with Gasteiger partial charge in [-0.15, -0.1) is 0 Å². The smallest absolute Gasteiger partial charge is 0.361 e. The third-order valence-corrected chi connectivity index (χ3v) is 0.605. The average molecular weight is 382 g/mol. The summed E-state index contributed by atoms with van der Waals surface area (Å²) in [5, 5.41) is 33.9. The topological polar surface area (TPSA) is 186 Å². The van der Waals surface area contributed by atoms with E-state index in [0.29, 0.717) is 0 Å². The molecule has 5 N–H and O–H groups in total. The van der Waals surface area contributed by atoms with E-state index in [9.17, 15) is 9.59 Å². The number of aliphatic carboxylic acids is 2. The Labute approximate surface area is 142 Å². The maximum absolute atomic E-state index is 9.37. The molecule has 22 heavy (non-hydrogen) atoms. The monoisotopic (exact) mass is 382 g/mol. The van der Waals surface area contributed by atoms with Gasteiger partial charge in [0, 0.05) is 12.8 Å². The molecule has 0 spiro atoms. The summed E-state index contributed by atoms with van der Waals surface area (Å²) in [6, 6.07) is 0. The van der Waals surface area contributed by atoms with Crippen LogP contribution in [0.5, 0.6) is 0 Å². The van der Waals surface area contributed by atoms with Gasteiger partial charge in [0.25, 0.3) is 0 Å². The van der Waals surface area contributed by atoms with Crippen molar-refractivity contribution in [3.8, 4) is 0 Å². The summed E-state index contributed by atoms with van der Waals surface area (Å²) in [7, 11) is 0. The van der Waals surface area contributed by atoms with Crippen molar-refractivity contribution in [3.05, 3.63) is 0 Å². The second-order valence-corrected chi connectivity index (χ2v) is 3.49. The predicted octanol–water partition coefficient (Wildman–Crippen LogP) is 2.74. The molecule has 10 nitrogen and oxygen atoms in total. The second kappa shape index (κ2) is 27.7. The molecule has 0 saturated heterocycles. The van der Waals surface area contributed by atoms with Crippen molar-refractivity contribution in [1.29, 1.82) is 0 Å². The standard InChI is InChI=1S/2C3H6O2.3CH2O2S/c2*1-2-3(4)5;3*2-1(3)4/h2*2H2,1H3,(H,4,5);3*4H,(H,2,3). The summed E-state index contributed by atoms with van der Waals surface area (Å²) in [6.07, 6.45) is 0.444. The Morgan fingerprint density at radius 3 is 0.636 bits per heavy atom. The second-order valence-electron chi connectivity index (χ2n) is 2.34. The Morgan fingerprint density at radius 1 is 0.591 bits per heavy atom. The van der Waals surface area contributed by atoms with E-state index in [0.717, 1.165) is 0 Å². The predicted molar refractivity (Wildman–Crippen MR) is 86.9 cm³/mol. The molecule has 0 rings (SSSR count). The summed E-state index contributed by atoms with van der Waals surface area (Å²) in [4.78, 5) is 45.3. The lowest BCUT2D eigenvalue weighted by Gasteiger charge is -1.71. The van der Waals surface area contributed by atoms with Crippen LogP contribution in [-0.2, 0) is 9.59 Å². The fourth-order valence-electron chi connectivity index (χ4n) is 0. The summed E-state index contributed by atoms with van der Waals surface area (Å²) in [5.74, 6) is -1.49. The molecule has 0 aromatic rings. The van der Waals surface area contributed by atoms with E-state index in [4.69, 9.17) is 39.9 Å². The van der Waals surface area contributed by atoms with Crippen LogP contribution in [-0.4, -0.2) is 53.4 Å². The molecule has 0 amide bonds. The van der Waals surface area contributed by atoms with Crippen molar-refractivity contribution in [3.63, 3.8) is 0 Å². The lowest BCUT2D eigenvalue weighted by atomic mass is 10.5. The molecular formula is C9H18O10S3. The number of hydrogen-bond donors (Lipinski definition) is 8. The van der Waals surface area contributed by atoms with E-state index in [2.05, 4.69) is 37.9 Å². The Morgan fingerprint density at radius 2 is 0.636 bits per heavy atom. The van der Waals surface area contributed by atoms with Gasteiger partial charge in [-0.05, 0) is 0 Å². The van der Waals surface area contributed by atoms with Crippen molar-refractivity contribution in [2.24, 2.45) is 0 Å². The average Bonchev–Trinajstić information content (AvgIpc) is 2.27. The van der Waals surface area contributed by atoms with Crippen LogP contribution in [0, 0.1) is 0 Å². The molecule has 13 heteroatoms. The van der Waals surface area contributed by atoms with Crippen LogP contribution in [0.3, 0.4) is 0 Å². The van der Waals surface area contributed by atoms with Gasteiger partial charge in [-0.25, -0.2) is 14.4 Å². The molecule has 0 saturated carbocycles. The maximum Gasteiger partial charge on any atom is 0.361 e. The first-order valence-corrected chi connectivity index (χ1v) is 6.27. The van der Waals surface area contributed by atoms with Crippen molar-refractivity contribution >= 4 is 65.7 Å². The van der Waals surface area contributed by atoms with Crippen molar-refractivity contribution < 1.29 is 49.5 Å². The van der Waals surface area contributed by atoms with E-state index >= 15 is 0 Å². The first kappa shape index (κ1) is 32.4. The fourth-order valence-corrected chi connectivity index (χ4v) is 0. The van der Waals surface area contributed by atoms with Gasteiger partial charge < -0.3 is 25.5 Å². The molecule has 0 radical (unpaired) electrons. The van der Waals surface area contributed by atoms with Crippen LogP contribution in [0.2, 0.25) is 0 Å². The molecule has 0 atom stereocenters. The Balaban J connectivity index is -0.0000000550. The van der Waals surface area contributed by atoms with Gasteiger partial charge in [0.2, 0.25) is 0 Å². The molecule has 0 aliphatic carbocycles. The van der Waals surface area contributed by atoms with Crippen LogP contribution < -0.4 is 0 Å². The van der Waals surface area contributed by atoms with Crippen LogP contribution >= 0.6 is 37.9 Å². The Hall–Kier alpha value is -1.60. The number of hydrogen-bond acceptors (Lipinski definition) is 5. The third kappa shape index (κ3) is 967. The largest absolute Gasteiger partial charge is 0.481 e. The zero-order valence-electron chi connectivity index (χ0n) is 11.5. The first-order valence-electron chi connectivity index (χ1n) is 4.93. The highest BCUT2D eigenvalue weighted by Gasteiger charge is 1.81. The van der Waals surface area contributed by atoms with Crippen molar-refractivity contribution in [2.75, 3.05) is 0 Å². The number of thiol groups is 3. The summed E-state index contributed by atoms with van der Waals surface area (Å²) < 4.78 is 0. The number of carbonyl (C=O) groups is 5. The zero-order valence-corrected chi connectivity index (χ0v) is 14.2. The van der Waals surface area contributed by atoms with Crippen LogP contribution in [0.1, 0.15) is 26.7 Å². The van der Waals surface area contributed by atoms with Crippen molar-refractivity contribution in [1.82, 2.24) is 0 Å². The molecule has 0 fully saturated rings.